The molecule has 0 saturated heterocycles. The Kier molecular flexibility index (Phi) is 5.15. The summed E-state index contributed by atoms with van der Waals surface area (Å²) in [5.41, 5.74) is 4.20. The first-order chi connectivity index (χ1) is 10.1. The maximum absolute atomic E-state index is 5.85. The number of nitrogens with one attached hydrogen (secondary N) is 1. The summed E-state index contributed by atoms with van der Waals surface area (Å²) in [6.45, 7) is 7.62. The molecule has 1 unspecified atom stereocenters. The van der Waals surface area contributed by atoms with E-state index in [4.69, 9.17) is 5.84 Å². The normalized spacial score (nSPS) is 13.3. The SMILES string of the molecule is CCCn1ccnc1CC(NN)C(C)(C)c1ccccc1. The van der Waals surface area contributed by atoms with Gasteiger partial charge in [-0.1, -0.05) is 51.1 Å². The van der Waals surface area contributed by atoms with Crippen molar-refractivity contribution in [2.75, 3.05) is 0 Å². The van der Waals surface area contributed by atoms with Crippen LogP contribution in [0.3, 0.4) is 0 Å². The number of hydrogen-bond donors (Lipinski definition) is 2. The molecule has 1 aromatic heterocycles. The third-order valence-electron chi connectivity index (χ3n) is 4.24. The molecule has 114 valence electrons. The van der Waals surface area contributed by atoms with Gasteiger partial charge in [-0.25, -0.2) is 4.98 Å². The average Bonchev–Trinajstić information content (AvgIpc) is 2.93. The summed E-state index contributed by atoms with van der Waals surface area (Å²) in [4.78, 5) is 4.50. The van der Waals surface area contributed by atoms with Crippen molar-refractivity contribution in [3.05, 3.63) is 54.1 Å². The molecule has 0 aliphatic heterocycles. The highest BCUT2D eigenvalue weighted by atomic mass is 15.2. The van der Waals surface area contributed by atoms with Gasteiger partial charge in [-0.15, -0.1) is 0 Å². The number of rotatable bonds is 7. The average molecular weight is 286 g/mol. The topological polar surface area (TPSA) is 55.9 Å². The summed E-state index contributed by atoms with van der Waals surface area (Å²) in [7, 11) is 0. The molecule has 1 atom stereocenters. The minimum Gasteiger partial charge on any atom is -0.335 e. The van der Waals surface area contributed by atoms with E-state index in [-0.39, 0.29) is 11.5 Å². The highest BCUT2D eigenvalue weighted by molar-refractivity contribution is 5.26. The van der Waals surface area contributed by atoms with Crippen LogP contribution in [0.1, 0.15) is 38.6 Å². The predicted octanol–water partition coefficient (Wildman–Crippen LogP) is 2.65. The van der Waals surface area contributed by atoms with Crippen molar-refractivity contribution >= 4 is 0 Å². The fraction of sp³-hybridized carbons (Fsp3) is 0.471. The van der Waals surface area contributed by atoms with Crippen LogP contribution in [0.4, 0.5) is 0 Å². The van der Waals surface area contributed by atoms with Crippen LogP contribution < -0.4 is 11.3 Å². The van der Waals surface area contributed by atoms with Crippen molar-refractivity contribution in [3.8, 4) is 0 Å². The van der Waals surface area contributed by atoms with Crippen LogP contribution >= 0.6 is 0 Å². The molecule has 0 spiro atoms. The van der Waals surface area contributed by atoms with Gasteiger partial charge in [-0.05, 0) is 12.0 Å². The molecular weight excluding hydrogens is 260 g/mol. The molecule has 0 aliphatic carbocycles. The van der Waals surface area contributed by atoms with Crippen LogP contribution in [0.2, 0.25) is 0 Å². The Morgan fingerprint density at radius 2 is 2.00 bits per heavy atom. The lowest BCUT2D eigenvalue weighted by molar-refractivity contribution is 0.333. The van der Waals surface area contributed by atoms with E-state index in [1.807, 2.05) is 18.5 Å². The van der Waals surface area contributed by atoms with E-state index in [1.54, 1.807) is 0 Å². The van der Waals surface area contributed by atoms with Gasteiger partial charge in [0.05, 0.1) is 0 Å². The molecule has 0 fully saturated rings. The lowest BCUT2D eigenvalue weighted by Gasteiger charge is -2.34. The summed E-state index contributed by atoms with van der Waals surface area (Å²) in [6.07, 6.45) is 5.83. The zero-order valence-electron chi connectivity index (χ0n) is 13.2. The molecule has 4 nitrogen and oxygen atoms in total. The van der Waals surface area contributed by atoms with E-state index in [0.29, 0.717) is 0 Å². The van der Waals surface area contributed by atoms with Gasteiger partial charge in [0, 0.05) is 36.8 Å². The molecule has 3 N–H and O–H groups in total. The summed E-state index contributed by atoms with van der Waals surface area (Å²) < 4.78 is 2.21. The van der Waals surface area contributed by atoms with E-state index in [9.17, 15) is 0 Å². The fourth-order valence-corrected chi connectivity index (χ4v) is 2.75. The molecule has 2 rings (SSSR count). The molecule has 4 heteroatoms. The number of hydrazine groups is 1. The summed E-state index contributed by atoms with van der Waals surface area (Å²) in [6, 6.07) is 10.6. The number of aromatic nitrogens is 2. The van der Waals surface area contributed by atoms with Gasteiger partial charge in [0.2, 0.25) is 0 Å². The third kappa shape index (κ3) is 3.52. The minimum absolute atomic E-state index is 0.0704. The minimum atomic E-state index is -0.0704. The van der Waals surface area contributed by atoms with Gasteiger partial charge in [-0.2, -0.15) is 0 Å². The van der Waals surface area contributed by atoms with Crippen molar-refractivity contribution in [1.29, 1.82) is 0 Å². The van der Waals surface area contributed by atoms with Gasteiger partial charge < -0.3 is 4.57 Å². The van der Waals surface area contributed by atoms with Gasteiger partial charge in [-0.3, -0.25) is 11.3 Å². The first kappa shape index (κ1) is 15.7. The number of benzene rings is 1. The number of hydrogen-bond acceptors (Lipinski definition) is 3. The predicted molar refractivity (Wildman–Crippen MR) is 86.8 cm³/mol. The van der Waals surface area contributed by atoms with E-state index in [0.717, 1.165) is 25.2 Å². The Morgan fingerprint density at radius 1 is 1.29 bits per heavy atom. The van der Waals surface area contributed by atoms with Gasteiger partial charge in [0.15, 0.2) is 0 Å². The van der Waals surface area contributed by atoms with E-state index in [1.165, 1.54) is 5.56 Å². The van der Waals surface area contributed by atoms with Crippen molar-refractivity contribution in [1.82, 2.24) is 15.0 Å². The molecule has 2 aromatic rings. The Hall–Kier alpha value is -1.65. The molecule has 21 heavy (non-hydrogen) atoms. The number of nitrogens with two attached hydrogens (primary N) is 1. The molecule has 0 bridgehead atoms. The van der Waals surface area contributed by atoms with E-state index < -0.39 is 0 Å². The largest absolute Gasteiger partial charge is 0.335 e. The molecule has 0 aliphatic rings. The monoisotopic (exact) mass is 286 g/mol. The van der Waals surface area contributed by atoms with Crippen molar-refractivity contribution in [2.24, 2.45) is 5.84 Å². The molecule has 1 aromatic carbocycles. The van der Waals surface area contributed by atoms with Crippen LogP contribution in [-0.4, -0.2) is 15.6 Å². The molecule has 1 heterocycles. The second-order valence-corrected chi connectivity index (χ2v) is 6.05. The molecule has 0 amide bonds. The highest BCUT2D eigenvalue weighted by Gasteiger charge is 2.31. The zero-order valence-corrected chi connectivity index (χ0v) is 13.2. The number of nitrogens with zero attached hydrogens (tertiary/aromatic N) is 2. The Balaban J connectivity index is 2.21. The van der Waals surface area contributed by atoms with Gasteiger partial charge in [0.25, 0.3) is 0 Å². The lowest BCUT2D eigenvalue weighted by atomic mass is 9.76. The second kappa shape index (κ2) is 6.87. The maximum Gasteiger partial charge on any atom is 0.110 e. The van der Waals surface area contributed by atoms with Crippen molar-refractivity contribution in [3.63, 3.8) is 0 Å². The van der Waals surface area contributed by atoms with Crippen LogP contribution in [0.25, 0.3) is 0 Å². The number of aryl methyl sites for hydroxylation is 1. The van der Waals surface area contributed by atoms with Gasteiger partial charge >= 0.3 is 0 Å². The Labute approximate surface area is 127 Å². The highest BCUT2D eigenvalue weighted by Crippen LogP contribution is 2.28. The van der Waals surface area contributed by atoms with Crippen LogP contribution in [0, 0.1) is 0 Å². The summed E-state index contributed by atoms with van der Waals surface area (Å²) >= 11 is 0. The van der Waals surface area contributed by atoms with Crippen LogP contribution in [0.15, 0.2) is 42.7 Å². The zero-order chi connectivity index (χ0) is 15.3. The second-order valence-electron chi connectivity index (χ2n) is 6.05. The van der Waals surface area contributed by atoms with Gasteiger partial charge in [0.1, 0.15) is 5.82 Å². The lowest BCUT2D eigenvalue weighted by Crippen LogP contribution is -2.49. The summed E-state index contributed by atoms with van der Waals surface area (Å²) in [5.74, 6) is 6.94. The first-order valence-corrected chi connectivity index (χ1v) is 7.61. The standard InChI is InChI=1S/C17H26N4/c1-4-11-21-12-10-19-16(21)13-15(20-18)17(2,3)14-8-6-5-7-9-14/h5-10,12,15,20H,4,11,13,18H2,1-3H3. The fourth-order valence-electron chi connectivity index (χ4n) is 2.75. The van der Waals surface area contributed by atoms with Crippen LogP contribution in [-0.2, 0) is 18.4 Å². The Morgan fingerprint density at radius 3 is 2.62 bits per heavy atom. The molecule has 0 radical (unpaired) electrons. The number of imidazole rings is 1. The van der Waals surface area contributed by atoms with Crippen molar-refractivity contribution in [2.45, 2.75) is 51.6 Å². The summed E-state index contributed by atoms with van der Waals surface area (Å²) in [5, 5.41) is 0. The molecular formula is C17H26N4. The smallest absolute Gasteiger partial charge is 0.110 e. The Bertz CT molecular complexity index is 545. The quantitative estimate of drug-likeness (QED) is 0.608. The third-order valence-corrected chi connectivity index (χ3v) is 4.24. The van der Waals surface area contributed by atoms with E-state index >= 15 is 0 Å². The van der Waals surface area contributed by atoms with E-state index in [2.05, 4.69) is 60.0 Å². The maximum atomic E-state index is 5.85. The van der Waals surface area contributed by atoms with Crippen molar-refractivity contribution < 1.29 is 0 Å². The van der Waals surface area contributed by atoms with Crippen LogP contribution in [0.5, 0.6) is 0 Å². The molecule has 0 saturated carbocycles. The first-order valence-electron chi connectivity index (χ1n) is 7.61.